The lowest BCUT2D eigenvalue weighted by Crippen LogP contribution is -2.49. The summed E-state index contributed by atoms with van der Waals surface area (Å²) in [7, 11) is 0. The molecule has 0 amide bonds. The highest BCUT2D eigenvalue weighted by atomic mass is 16.5. The Labute approximate surface area is 486 Å². The molecule has 2 aliphatic carbocycles. The largest absolute Gasteiger partial charge is 0.507 e. The van der Waals surface area contributed by atoms with Crippen molar-refractivity contribution in [2.75, 3.05) is 0 Å². The minimum atomic E-state index is -1.03. The summed E-state index contributed by atoms with van der Waals surface area (Å²) in [4.78, 5) is 77.5. The van der Waals surface area contributed by atoms with Crippen molar-refractivity contribution in [3.05, 3.63) is 142 Å². The lowest BCUT2D eigenvalue weighted by molar-refractivity contribution is -0.141. The van der Waals surface area contributed by atoms with Crippen LogP contribution in [0.3, 0.4) is 0 Å². The highest BCUT2D eigenvalue weighted by Gasteiger charge is 2.55. The van der Waals surface area contributed by atoms with E-state index in [1.54, 1.807) is 97.1 Å². The molecule has 14 rings (SSSR count). The number of fused-ring (bicyclic) bond motifs is 6. The summed E-state index contributed by atoms with van der Waals surface area (Å²) in [5, 5.41) is 49.7. The zero-order chi connectivity index (χ0) is 59.1. The molecule has 8 aliphatic rings. The van der Waals surface area contributed by atoms with E-state index in [4.69, 9.17) is 38.9 Å². The van der Waals surface area contributed by atoms with Crippen molar-refractivity contribution in [2.45, 2.75) is 140 Å². The van der Waals surface area contributed by atoms with Crippen LogP contribution in [0.15, 0.2) is 117 Å². The van der Waals surface area contributed by atoms with E-state index in [-0.39, 0.29) is 120 Å². The molecule has 6 aromatic carbocycles. The number of ether oxygens (including phenoxy) is 4. The Hall–Kier alpha value is -8.92. The van der Waals surface area contributed by atoms with Gasteiger partial charge in [0.2, 0.25) is 0 Å². The second kappa shape index (κ2) is 20.5. The van der Waals surface area contributed by atoms with Gasteiger partial charge in [-0.05, 0) is 157 Å². The molecule has 0 aromatic heterocycles. The minimum Gasteiger partial charge on any atom is -0.507 e. The Morgan fingerprint density at radius 1 is 0.345 bits per heavy atom. The first kappa shape index (κ1) is 55.6. The number of benzene rings is 6. The number of carbonyl (C=O) groups is 4. The van der Waals surface area contributed by atoms with E-state index in [2.05, 4.69) is 0 Å². The second-order valence-corrected chi connectivity index (χ2v) is 25.6. The fourth-order valence-electron chi connectivity index (χ4n) is 14.7. The monoisotopic (exact) mass is 1130 g/mol. The molecule has 16 heteroatoms. The SMILES string of the molecule is CC12CC(C)(C1)c1cc3cc(c1O)/C=N/c1ccccc1/N=C/c1cc4cc(c1O)C1(C)CC(C)(C1)c1cc5cc(c1O)/C=N/c1ccccc1/N=C/c1cc(cc2c1O)OC(=O)CCC(C)(CCC(=O)O3)C(C)(CCC(=O)O5)CCC(=O)O4. The van der Waals surface area contributed by atoms with Crippen molar-refractivity contribution in [3.8, 4) is 46.0 Å². The first-order valence-electron chi connectivity index (χ1n) is 28.6. The van der Waals surface area contributed by atoms with Crippen LogP contribution in [0.25, 0.3) is 0 Å². The molecule has 0 atom stereocenters. The second-order valence-electron chi connectivity index (χ2n) is 25.6. The van der Waals surface area contributed by atoms with Crippen LogP contribution in [0.2, 0.25) is 0 Å². The van der Waals surface area contributed by atoms with E-state index >= 15 is 0 Å². The van der Waals surface area contributed by atoms with Crippen LogP contribution < -0.4 is 18.9 Å². The number of hydrogen-bond donors (Lipinski definition) is 4. The van der Waals surface area contributed by atoms with E-state index in [0.29, 0.717) is 70.7 Å². The molecule has 0 saturated heterocycles. The summed E-state index contributed by atoms with van der Waals surface area (Å²) in [6.45, 7) is 11.8. The van der Waals surface area contributed by atoms with Gasteiger partial charge in [0.15, 0.2) is 0 Å². The highest BCUT2D eigenvalue weighted by Crippen LogP contribution is 2.63. The Balaban J connectivity index is 1.15. The van der Waals surface area contributed by atoms with Crippen LogP contribution in [0.5, 0.6) is 46.0 Å². The Kier molecular flexibility index (Phi) is 13.5. The maximum atomic E-state index is 14.5. The van der Waals surface area contributed by atoms with Gasteiger partial charge in [-0.25, -0.2) is 0 Å². The third kappa shape index (κ3) is 10.1. The van der Waals surface area contributed by atoms with Gasteiger partial charge in [0.05, 0.1) is 22.7 Å². The molecule has 2 fully saturated rings. The van der Waals surface area contributed by atoms with Gasteiger partial charge in [-0.15, -0.1) is 0 Å². The standard InChI is InChI=1S/C68H66N4O12/c1-63-35-64(2,36-63)48-28-44-24-40(60(48)78)32-70-53-13-9-10-14-54(53)72-34-42-26-46-30-50(62(42)80)66(4)37-65(3,38-66)49-29-45-25-41(61(49)79)33-71-52-12-8-7-11-51(52)69-31-39-23-43(27-47(63)59(39)77)81-55(73)15-19-67(5,20-16-56(74)82-44)68(6,21-17-57(75)83-45)22-18-58(76)84-46/h7-14,23-34,77-80H,15-22,35-38H2,1-6H3/b69-31+,70-32+,71-33+,72-34+. The summed E-state index contributed by atoms with van der Waals surface area (Å²) < 4.78 is 25.0. The summed E-state index contributed by atoms with van der Waals surface area (Å²) in [6, 6.07) is 27.1. The van der Waals surface area contributed by atoms with Crippen molar-refractivity contribution in [1.82, 2.24) is 0 Å². The third-order valence-corrected chi connectivity index (χ3v) is 19.2. The van der Waals surface area contributed by atoms with Crippen molar-refractivity contribution in [3.63, 3.8) is 0 Å². The van der Waals surface area contributed by atoms with Gasteiger partial charge in [-0.3, -0.25) is 39.1 Å². The summed E-state index contributed by atoms with van der Waals surface area (Å²) >= 11 is 0. The van der Waals surface area contributed by atoms with Crippen LogP contribution in [-0.4, -0.2) is 69.2 Å². The average molecular weight is 1130 g/mol. The van der Waals surface area contributed by atoms with Gasteiger partial charge in [-0.1, -0.05) is 65.8 Å². The minimum absolute atomic E-state index is 0.0951. The van der Waals surface area contributed by atoms with Gasteiger partial charge in [0, 0.05) is 95.0 Å². The van der Waals surface area contributed by atoms with Crippen LogP contribution >= 0.6 is 0 Å². The molecule has 0 radical (unpaired) electrons. The number of hydrogen-bond acceptors (Lipinski definition) is 16. The number of phenols is 4. The average Bonchev–Trinajstić information content (AvgIpc) is 0.889. The molecular weight excluding hydrogens is 1060 g/mol. The lowest BCUT2D eigenvalue weighted by Gasteiger charge is -2.54. The molecule has 84 heavy (non-hydrogen) atoms. The fourth-order valence-corrected chi connectivity index (χ4v) is 14.7. The summed E-state index contributed by atoms with van der Waals surface area (Å²) in [5.41, 5.74) is -0.657. The normalized spacial score (nSPS) is 28.9. The Morgan fingerprint density at radius 2 is 0.560 bits per heavy atom. The van der Waals surface area contributed by atoms with E-state index < -0.39 is 56.4 Å². The van der Waals surface area contributed by atoms with E-state index in [0.717, 1.165) is 0 Å². The van der Waals surface area contributed by atoms with Crippen molar-refractivity contribution in [1.29, 1.82) is 0 Å². The first-order chi connectivity index (χ1) is 39.9. The predicted molar refractivity (Wildman–Crippen MR) is 318 cm³/mol. The van der Waals surface area contributed by atoms with E-state index in [1.165, 1.54) is 24.9 Å². The van der Waals surface area contributed by atoms with E-state index in [1.807, 2.05) is 41.5 Å². The molecule has 16 nitrogen and oxygen atoms in total. The number of esters is 4. The van der Waals surface area contributed by atoms with Gasteiger partial charge < -0.3 is 39.4 Å². The third-order valence-electron chi connectivity index (χ3n) is 19.2. The summed E-state index contributed by atoms with van der Waals surface area (Å²) in [6.07, 6.45) is 7.25. The van der Waals surface area contributed by atoms with Gasteiger partial charge in [0.1, 0.15) is 46.0 Å². The Bertz CT molecular complexity index is 3410. The maximum Gasteiger partial charge on any atom is 0.311 e. The van der Waals surface area contributed by atoms with Crippen LogP contribution in [-0.2, 0) is 40.8 Å². The molecule has 430 valence electrons. The van der Waals surface area contributed by atoms with Crippen LogP contribution in [0.1, 0.15) is 163 Å². The molecule has 18 bridgehead atoms. The zero-order valence-electron chi connectivity index (χ0n) is 47.9. The van der Waals surface area contributed by atoms with Crippen LogP contribution in [0, 0.1) is 10.8 Å². The van der Waals surface area contributed by atoms with Crippen molar-refractivity contribution in [2.24, 2.45) is 30.8 Å². The van der Waals surface area contributed by atoms with Crippen molar-refractivity contribution < 1.29 is 58.6 Å². The van der Waals surface area contributed by atoms with Crippen LogP contribution in [0.4, 0.5) is 22.7 Å². The molecule has 0 unspecified atom stereocenters. The number of rotatable bonds is 0. The number of para-hydroxylation sites is 4. The summed E-state index contributed by atoms with van der Waals surface area (Å²) in [5.74, 6) is -2.20. The fraction of sp³-hybridized carbons (Fsp3) is 0.353. The van der Waals surface area contributed by atoms with Gasteiger partial charge in [0.25, 0.3) is 0 Å². The van der Waals surface area contributed by atoms with Crippen molar-refractivity contribution >= 4 is 71.5 Å². The lowest BCUT2D eigenvalue weighted by atomic mass is 9.49. The molecule has 6 aliphatic heterocycles. The molecule has 0 spiro atoms. The number of nitrogens with zero attached hydrogens (tertiary/aromatic N) is 4. The van der Waals surface area contributed by atoms with Gasteiger partial charge >= 0.3 is 23.9 Å². The quantitative estimate of drug-likeness (QED) is 0.0821. The topological polar surface area (TPSA) is 236 Å². The maximum absolute atomic E-state index is 14.5. The number of aromatic hydroxyl groups is 4. The van der Waals surface area contributed by atoms with E-state index in [9.17, 15) is 39.6 Å². The zero-order valence-corrected chi connectivity index (χ0v) is 47.9. The van der Waals surface area contributed by atoms with Gasteiger partial charge in [-0.2, -0.15) is 0 Å². The molecule has 4 N–H and O–H groups in total. The number of carbonyl (C=O) groups excluding carboxylic acids is 4. The Morgan fingerprint density at radius 3 is 0.774 bits per heavy atom. The smallest absolute Gasteiger partial charge is 0.311 e. The molecule has 2 saturated carbocycles. The predicted octanol–water partition coefficient (Wildman–Crippen LogP) is 13.6. The molecule has 6 heterocycles. The molecular formula is C68H66N4O12. The molecule has 6 aromatic rings. The number of phenolic OH excluding ortho intramolecular Hbond substituents is 4. The number of aliphatic imine (C=N–C) groups is 4. The first-order valence-corrected chi connectivity index (χ1v) is 28.6. The highest BCUT2D eigenvalue weighted by molar-refractivity contribution is 5.94.